The summed E-state index contributed by atoms with van der Waals surface area (Å²) in [5.41, 5.74) is 2.42. The summed E-state index contributed by atoms with van der Waals surface area (Å²) in [5, 5.41) is 3.06. The van der Waals surface area contributed by atoms with Crippen LogP contribution in [0.4, 0.5) is 0 Å². The van der Waals surface area contributed by atoms with Crippen molar-refractivity contribution in [1.29, 1.82) is 0 Å². The van der Waals surface area contributed by atoms with Gasteiger partial charge in [-0.2, -0.15) is 0 Å². The van der Waals surface area contributed by atoms with E-state index in [1.54, 1.807) is 0 Å². The fraction of sp³-hybridized carbons (Fsp3) is 0.650. The molecule has 0 radical (unpaired) electrons. The van der Waals surface area contributed by atoms with E-state index < -0.39 is 10.0 Å². The highest BCUT2D eigenvalue weighted by Gasteiger charge is 2.23. The van der Waals surface area contributed by atoms with Crippen molar-refractivity contribution < 1.29 is 13.2 Å². The number of likely N-dealkylation sites (tertiary alicyclic amines) is 1. The molecular formula is C20H33N3O3S. The third-order valence-corrected chi connectivity index (χ3v) is 5.60. The van der Waals surface area contributed by atoms with Crippen molar-refractivity contribution >= 4 is 15.9 Å². The maximum atomic E-state index is 12.4. The van der Waals surface area contributed by atoms with Gasteiger partial charge in [-0.1, -0.05) is 38.1 Å². The predicted molar refractivity (Wildman–Crippen MR) is 109 cm³/mol. The molecule has 1 aliphatic rings. The molecule has 152 valence electrons. The van der Waals surface area contributed by atoms with Crippen LogP contribution in [-0.2, 0) is 21.2 Å². The number of sulfonamides is 1. The van der Waals surface area contributed by atoms with Crippen LogP contribution in [0.1, 0.15) is 50.8 Å². The van der Waals surface area contributed by atoms with Gasteiger partial charge in [-0.25, -0.2) is 13.1 Å². The van der Waals surface area contributed by atoms with E-state index >= 15 is 0 Å². The number of rotatable bonds is 8. The van der Waals surface area contributed by atoms with Crippen LogP contribution in [0.5, 0.6) is 0 Å². The van der Waals surface area contributed by atoms with E-state index in [1.807, 2.05) is 6.92 Å². The van der Waals surface area contributed by atoms with Crippen LogP contribution < -0.4 is 10.0 Å². The Morgan fingerprint density at radius 3 is 2.26 bits per heavy atom. The molecular weight excluding hydrogens is 362 g/mol. The van der Waals surface area contributed by atoms with Crippen LogP contribution in [0.15, 0.2) is 24.3 Å². The van der Waals surface area contributed by atoms with E-state index in [9.17, 15) is 13.2 Å². The molecule has 2 rings (SSSR count). The Balaban J connectivity index is 1.77. The molecule has 27 heavy (non-hydrogen) atoms. The molecule has 1 unspecified atom stereocenters. The van der Waals surface area contributed by atoms with Crippen molar-refractivity contribution in [1.82, 2.24) is 14.9 Å². The van der Waals surface area contributed by atoms with Gasteiger partial charge < -0.3 is 5.32 Å². The fourth-order valence-electron chi connectivity index (χ4n) is 3.50. The van der Waals surface area contributed by atoms with Gasteiger partial charge in [0.15, 0.2) is 0 Å². The molecule has 0 saturated carbocycles. The van der Waals surface area contributed by atoms with Crippen molar-refractivity contribution in [3.05, 3.63) is 35.4 Å². The van der Waals surface area contributed by atoms with Gasteiger partial charge in [-0.3, -0.25) is 9.69 Å². The lowest BCUT2D eigenvalue weighted by atomic mass is 10.00. The minimum Gasteiger partial charge on any atom is -0.348 e. The van der Waals surface area contributed by atoms with Crippen molar-refractivity contribution in [2.24, 2.45) is 5.92 Å². The number of piperidine rings is 1. The third kappa shape index (κ3) is 7.99. The van der Waals surface area contributed by atoms with Gasteiger partial charge in [0.25, 0.3) is 0 Å². The van der Waals surface area contributed by atoms with E-state index in [1.165, 1.54) is 11.8 Å². The minimum absolute atomic E-state index is 0.00304. The van der Waals surface area contributed by atoms with Crippen LogP contribution in [0.3, 0.4) is 0 Å². The summed E-state index contributed by atoms with van der Waals surface area (Å²) in [5.74, 6) is 0.632. The van der Waals surface area contributed by atoms with Crippen LogP contribution in [0, 0.1) is 5.92 Å². The first kappa shape index (κ1) is 21.9. The molecule has 6 nitrogen and oxygen atoms in total. The first-order chi connectivity index (χ1) is 12.6. The predicted octanol–water partition coefficient (Wildman–Crippen LogP) is 2.08. The van der Waals surface area contributed by atoms with Crippen molar-refractivity contribution in [2.45, 2.75) is 52.1 Å². The summed E-state index contributed by atoms with van der Waals surface area (Å²) in [6.07, 6.45) is 3.70. The summed E-state index contributed by atoms with van der Waals surface area (Å²) in [7, 11) is -3.17. The molecule has 1 aliphatic heterocycles. The maximum Gasteiger partial charge on any atom is 0.234 e. The second-order valence-electron chi connectivity index (χ2n) is 8.07. The molecule has 2 N–H and O–H groups in total. The highest BCUT2D eigenvalue weighted by molar-refractivity contribution is 7.88. The molecule has 0 spiro atoms. The SMILES string of the molecule is CC(C)Cc1ccc(C(C)NC(=O)CN2CCC(NS(C)(=O)=O)CC2)cc1. The minimum atomic E-state index is -3.17. The molecule has 0 aliphatic carbocycles. The van der Waals surface area contributed by atoms with E-state index in [0.717, 1.165) is 37.9 Å². The molecule has 1 saturated heterocycles. The molecule has 1 heterocycles. The zero-order valence-corrected chi connectivity index (χ0v) is 17.7. The number of carbonyl (C=O) groups is 1. The number of amides is 1. The smallest absolute Gasteiger partial charge is 0.234 e. The summed E-state index contributed by atoms with van der Waals surface area (Å²) in [6.45, 7) is 8.20. The van der Waals surface area contributed by atoms with E-state index in [4.69, 9.17) is 0 Å². The zero-order valence-electron chi connectivity index (χ0n) is 16.9. The Morgan fingerprint density at radius 1 is 1.15 bits per heavy atom. The molecule has 1 fully saturated rings. The number of hydrogen-bond donors (Lipinski definition) is 2. The molecule has 0 aromatic heterocycles. The van der Waals surface area contributed by atoms with Gasteiger partial charge in [0.2, 0.25) is 15.9 Å². The number of carbonyl (C=O) groups excluding carboxylic acids is 1. The Labute approximate surface area is 163 Å². The number of benzene rings is 1. The summed E-state index contributed by atoms with van der Waals surface area (Å²) in [4.78, 5) is 14.4. The standard InChI is InChI=1S/C20H33N3O3S/c1-15(2)13-17-5-7-18(8-6-17)16(3)21-20(24)14-23-11-9-19(10-12-23)22-27(4,25)26/h5-8,15-16,19,22H,9-14H2,1-4H3,(H,21,24). The molecule has 1 aromatic rings. The fourth-order valence-corrected chi connectivity index (χ4v) is 4.34. The van der Waals surface area contributed by atoms with E-state index in [2.05, 4.69) is 53.1 Å². The molecule has 1 atom stereocenters. The Hall–Kier alpha value is -1.44. The van der Waals surface area contributed by atoms with Crippen LogP contribution in [0.25, 0.3) is 0 Å². The summed E-state index contributed by atoms with van der Waals surface area (Å²) < 4.78 is 25.2. The summed E-state index contributed by atoms with van der Waals surface area (Å²) >= 11 is 0. The van der Waals surface area contributed by atoms with Gasteiger partial charge in [0.1, 0.15) is 0 Å². The van der Waals surface area contributed by atoms with Gasteiger partial charge in [0.05, 0.1) is 18.8 Å². The average molecular weight is 396 g/mol. The van der Waals surface area contributed by atoms with E-state index in [-0.39, 0.29) is 18.0 Å². The van der Waals surface area contributed by atoms with Gasteiger partial charge in [-0.15, -0.1) is 0 Å². The highest BCUT2D eigenvalue weighted by atomic mass is 32.2. The normalized spacial score (nSPS) is 17.8. The van der Waals surface area contributed by atoms with Crippen LogP contribution in [-0.4, -0.2) is 51.2 Å². The second-order valence-corrected chi connectivity index (χ2v) is 9.85. The lowest BCUT2D eigenvalue weighted by molar-refractivity contribution is -0.123. The van der Waals surface area contributed by atoms with Gasteiger partial charge in [0, 0.05) is 19.1 Å². The Morgan fingerprint density at radius 2 is 1.74 bits per heavy atom. The second kappa shape index (κ2) is 9.66. The largest absolute Gasteiger partial charge is 0.348 e. The molecule has 1 amide bonds. The first-order valence-electron chi connectivity index (χ1n) is 9.70. The third-order valence-electron chi connectivity index (χ3n) is 4.84. The highest BCUT2D eigenvalue weighted by Crippen LogP contribution is 2.16. The van der Waals surface area contributed by atoms with E-state index in [0.29, 0.717) is 12.5 Å². The maximum absolute atomic E-state index is 12.4. The Kier molecular flexibility index (Phi) is 7.82. The van der Waals surface area contributed by atoms with Crippen molar-refractivity contribution in [3.63, 3.8) is 0 Å². The van der Waals surface area contributed by atoms with Crippen molar-refractivity contribution in [3.8, 4) is 0 Å². The van der Waals surface area contributed by atoms with Crippen molar-refractivity contribution in [2.75, 3.05) is 25.9 Å². The lowest BCUT2D eigenvalue weighted by Gasteiger charge is -2.31. The average Bonchev–Trinajstić information content (AvgIpc) is 2.55. The quantitative estimate of drug-likeness (QED) is 0.706. The number of hydrogen-bond acceptors (Lipinski definition) is 4. The first-order valence-corrected chi connectivity index (χ1v) is 11.6. The molecule has 0 bridgehead atoms. The number of nitrogens with zero attached hydrogens (tertiary/aromatic N) is 1. The monoisotopic (exact) mass is 395 g/mol. The topological polar surface area (TPSA) is 78.5 Å². The lowest BCUT2D eigenvalue weighted by Crippen LogP contribution is -2.47. The zero-order chi connectivity index (χ0) is 20.0. The summed E-state index contributed by atoms with van der Waals surface area (Å²) in [6, 6.07) is 8.39. The molecule has 7 heteroatoms. The Bertz CT molecular complexity index is 708. The van der Waals surface area contributed by atoms with Crippen LogP contribution in [0.2, 0.25) is 0 Å². The van der Waals surface area contributed by atoms with Gasteiger partial charge >= 0.3 is 0 Å². The van der Waals surface area contributed by atoms with Crippen LogP contribution >= 0.6 is 0 Å². The van der Waals surface area contributed by atoms with Gasteiger partial charge in [-0.05, 0) is 43.2 Å². The number of nitrogens with one attached hydrogen (secondary N) is 2. The molecule has 1 aromatic carbocycles.